The van der Waals surface area contributed by atoms with E-state index in [0.717, 1.165) is 4.47 Å². The third-order valence-corrected chi connectivity index (χ3v) is 3.90. The van der Waals surface area contributed by atoms with Gasteiger partial charge in [0.05, 0.1) is 4.92 Å². The number of nitro benzene ring substituents is 1. The first-order chi connectivity index (χ1) is 10.4. The lowest BCUT2D eigenvalue weighted by Crippen LogP contribution is -2.00. The Hall–Kier alpha value is -1.98. The molecule has 0 aliphatic heterocycles. The molecule has 0 amide bonds. The Balaban J connectivity index is 2.36. The number of benzene rings is 2. The monoisotopic (exact) mass is 379 g/mol. The van der Waals surface area contributed by atoms with Crippen molar-refractivity contribution >= 4 is 45.1 Å². The van der Waals surface area contributed by atoms with Crippen molar-refractivity contribution in [3.8, 4) is 0 Å². The molecule has 0 atom stereocenters. The van der Waals surface area contributed by atoms with Crippen LogP contribution in [0.25, 0.3) is 6.08 Å². The van der Waals surface area contributed by atoms with Crippen molar-refractivity contribution in [3.05, 3.63) is 78.8 Å². The van der Waals surface area contributed by atoms with E-state index in [0.29, 0.717) is 21.7 Å². The van der Waals surface area contributed by atoms with Crippen LogP contribution in [0.15, 0.2) is 52.5 Å². The van der Waals surface area contributed by atoms with E-state index in [1.807, 2.05) is 0 Å². The Morgan fingerprint density at radius 1 is 1.23 bits per heavy atom. The predicted octanol–water partition coefficient (Wildman–Crippen LogP) is 5.30. The van der Waals surface area contributed by atoms with Gasteiger partial charge in [0.2, 0.25) is 0 Å². The van der Waals surface area contributed by atoms with Gasteiger partial charge in [-0.1, -0.05) is 27.5 Å². The van der Waals surface area contributed by atoms with E-state index in [1.54, 1.807) is 37.3 Å². The normalized spacial score (nSPS) is 11.3. The largest absolute Gasteiger partial charge is 0.289 e. The summed E-state index contributed by atoms with van der Waals surface area (Å²) in [5, 5.41) is 11.2. The van der Waals surface area contributed by atoms with E-state index in [-0.39, 0.29) is 11.5 Å². The van der Waals surface area contributed by atoms with Gasteiger partial charge in [0.1, 0.15) is 0 Å². The van der Waals surface area contributed by atoms with Gasteiger partial charge in [-0.2, -0.15) is 0 Å². The van der Waals surface area contributed by atoms with Crippen LogP contribution in [0.1, 0.15) is 22.8 Å². The first kappa shape index (κ1) is 16.4. The molecule has 0 spiro atoms. The topological polar surface area (TPSA) is 60.2 Å². The number of carbonyl (C=O) groups excluding carboxylic acids is 1. The average Bonchev–Trinajstić information content (AvgIpc) is 2.49. The van der Waals surface area contributed by atoms with E-state index >= 15 is 0 Å². The molecule has 6 heteroatoms. The summed E-state index contributed by atoms with van der Waals surface area (Å²) in [6.07, 6.45) is 1.56. The van der Waals surface area contributed by atoms with Crippen molar-refractivity contribution in [1.82, 2.24) is 0 Å². The minimum atomic E-state index is -0.500. The number of hydrogen-bond donors (Lipinski definition) is 0. The zero-order valence-electron chi connectivity index (χ0n) is 11.5. The van der Waals surface area contributed by atoms with E-state index in [1.165, 1.54) is 18.2 Å². The summed E-state index contributed by atoms with van der Waals surface area (Å²) in [4.78, 5) is 22.6. The van der Waals surface area contributed by atoms with Gasteiger partial charge in [0, 0.05) is 32.8 Å². The summed E-state index contributed by atoms with van der Waals surface area (Å²) in [5.41, 5.74) is 1.36. The third-order valence-electron chi connectivity index (χ3n) is 3.03. The molecule has 0 aliphatic rings. The van der Waals surface area contributed by atoms with Gasteiger partial charge < -0.3 is 0 Å². The number of hydrogen-bond acceptors (Lipinski definition) is 3. The number of rotatable bonds is 4. The summed E-state index contributed by atoms with van der Waals surface area (Å²) < 4.78 is 0.882. The van der Waals surface area contributed by atoms with Crippen molar-refractivity contribution in [2.75, 3.05) is 0 Å². The molecule has 112 valence electrons. The van der Waals surface area contributed by atoms with E-state index in [2.05, 4.69) is 15.9 Å². The zero-order valence-corrected chi connectivity index (χ0v) is 13.9. The highest BCUT2D eigenvalue weighted by molar-refractivity contribution is 9.10. The number of Topliss-reactive ketones (excluding diaryl/α,β-unsaturated/α-hetero) is 1. The van der Waals surface area contributed by atoms with Crippen LogP contribution in [0.2, 0.25) is 5.02 Å². The fourth-order valence-electron chi connectivity index (χ4n) is 1.88. The summed E-state index contributed by atoms with van der Waals surface area (Å²) in [6, 6.07) is 11.1. The molecule has 0 aromatic heterocycles. The molecule has 0 N–H and O–H groups in total. The van der Waals surface area contributed by atoms with Crippen LogP contribution in [-0.4, -0.2) is 10.7 Å². The van der Waals surface area contributed by atoms with Crippen LogP contribution in [-0.2, 0) is 0 Å². The lowest BCUT2D eigenvalue weighted by atomic mass is 10.0. The second kappa shape index (κ2) is 6.85. The van der Waals surface area contributed by atoms with Crippen molar-refractivity contribution in [2.45, 2.75) is 6.92 Å². The van der Waals surface area contributed by atoms with Crippen molar-refractivity contribution in [2.24, 2.45) is 0 Å². The second-order valence-electron chi connectivity index (χ2n) is 4.63. The van der Waals surface area contributed by atoms with Gasteiger partial charge in [0.25, 0.3) is 5.69 Å². The predicted molar refractivity (Wildman–Crippen MR) is 90.2 cm³/mol. The van der Waals surface area contributed by atoms with Gasteiger partial charge >= 0.3 is 0 Å². The molecule has 0 radical (unpaired) electrons. The van der Waals surface area contributed by atoms with Gasteiger partial charge in [0.15, 0.2) is 5.78 Å². The molecule has 0 fully saturated rings. The fraction of sp³-hybridized carbons (Fsp3) is 0.0625. The molecule has 0 aliphatic carbocycles. The molecule has 0 bridgehead atoms. The number of halogens is 2. The smallest absolute Gasteiger partial charge is 0.270 e. The summed E-state index contributed by atoms with van der Waals surface area (Å²) in [5.74, 6) is -0.157. The van der Waals surface area contributed by atoms with E-state index < -0.39 is 4.92 Å². The number of carbonyl (C=O) groups is 1. The summed E-state index contributed by atoms with van der Waals surface area (Å²) in [6.45, 7) is 1.65. The molecule has 0 saturated carbocycles. The lowest BCUT2D eigenvalue weighted by molar-refractivity contribution is -0.384. The Labute approximate surface area is 140 Å². The number of non-ortho nitro benzene ring substituents is 1. The molecule has 0 saturated heterocycles. The van der Waals surface area contributed by atoms with Gasteiger partial charge in [-0.15, -0.1) is 0 Å². The minimum absolute atomic E-state index is 0.0699. The summed E-state index contributed by atoms with van der Waals surface area (Å²) >= 11 is 9.34. The Bertz CT molecular complexity index is 769. The van der Waals surface area contributed by atoms with Crippen LogP contribution in [0.3, 0.4) is 0 Å². The molecule has 0 heterocycles. The van der Waals surface area contributed by atoms with Crippen LogP contribution in [0.5, 0.6) is 0 Å². The lowest BCUT2D eigenvalue weighted by Gasteiger charge is -2.04. The fourth-order valence-corrected chi connectivity index (χ4v) is 2.32. The van der Waals surface area contributed by atoms with Crippen LogP contribution < -0.4 is 0 Å². The highest BCUT2D eigenvalue weighted by Crippen LogP contribution is 2.25. The van der Waals surface area contributed by atoms with Crippen molar-refractivity contribution in [1.29, 1.82) is 0 Å². The molecule has 2 rings (SSSR count). The highest BCUT2D eigenvalue weighted by atomic mass is 79.9. The van der Waals surface area contributed by atoms with E-state index in [9.17, 15) is 14.9 Å². The van der Waals surface area contributed by atoms with Crippen LogP contribution in [0.4, 0.5) is 5.69 Å². The van der Waals surface area contributed by atoms with Crippen LogP contribution in [0, 0.1) is 10.1 Å². The third kappa shape index (κ3) is 3.81. The molecular weight excluding hydrogens is 370 g/mol. The van der Waals surface area contributed by atoms with Gasteiger partial charge in [-0.3, -0.25) is 14.9 Å². The van der Waals surface area contributed by atoms with Crippen LogP contribution >= 0.6 is 27.5 Å². The SMILES string of the molecule is CC(=Cc1cc([N+](=O)[O-])ccc1Cl)C(=O)c1ccc(Br)cc1. The number of nitro groups is 1. The first-order valence-electron chi connectivity index (χ1n) is 6.31. The Kier molecular flexibility index (Phi) is 5.11. The molecule has 2 aromatic rings. The Morgan fingerprint density at radius 3 is 2.45 bits per heavy atom. The molecule has 4 nitrogen and oxygen atoms in total. The number of nitrogens with zero attached hydrogens (tertiary/aromatic N) is 1. The number of allylic oxidation sites excluding steroid dienone is 1. The number of ketones is 1. The summed E-state index contributed by atoms with van der Waals surface area (Å²) in [7, 11) is 0. The minimum Gasteiger partial charge on any atom is -0.289 e. The highest BCUT2D eigenvalue weighted by Gasteiger charge is 2.12. The molecule has 2 aromatic carbocycles. The molecular formula is C16H11BrClNO3. The van der Waals surface area contributed by atoms with Gasteiger partial charge in [-0.25, -0.2) is 0 Å². The maximum Gasteiger partial charge on any atom is 0.270 e. The standard InChI is InChI=1S/C16H11BrClNO3/c1-10(16(20)11-2-4-13(17)5-3-11)8-12-9-14(19(21)22)6-7-15(12)18/h2-9H,1H3. The van der Waals surface area contributed by atoms with E-state index in [4.69, 9.17) is 11.6 Å². The second-order valence-corrected chi connectivity index (χ2v) is 5.95. The Morgan fingerprint density at radius 2 is 1.86 bits per heavy atom. The first-order valence-corrected chi connectivity index (χ1v) is 7.48. The quantitative estimate of drug-likeness (QED) is 0.313. The maximum atomic E-state index is 12.3. The van der Waals surface area contributed by atoms with Crippen molar-refractivity contribution in [3.63, 3.8) is 0 Å². The maximum absolute atomic E-state index is 12.3. The molecule has 0 unspecified atom stereocenters. The van der Waals surface area contributed by atoms with Gasteiger partial charge in [-0.05, 0) is 48.9 Å². The molecule has 22 heavy (non-hydrogen) atoms. The van der Waals surface area contributed by atoms with Crippen molar-refractivity contribution < 1.29 is 9.72 Å². The average molecular weight is 381 g/mol. The zero-order chi connectivity index (χ0) is 16.3.